The SMILES string of the molecule is Cc1cccc(NC(=O)Cn2nc3nc(N4CCCCC4)ccn3c2=O)c1. The lowest BCUT2D eigenvalue weighted by Gasteiger charge is -2.27. The van der Waals surface area contributed by atoms with Crippen molar-refractivity contribution in [3.05, 3.63) is 52.6 Å². The summed E-state index contributed by atoms with van der Waals surface area (Å²) in [6.45, 7) is 3.73. The van der Waals surface area contributed by atoms with E-state index < -0.39 is 0 Å². The molecule has 0 atom stereocenters. The van der Waals surface area contributed by atoms with Crippen molar-refractivity contribution in [2.75, 3.05) is 23.3 Å². The van der Waals surface area contributed by atoms with E-state index in [4.69, 9.17) is 0 Å². The summed E-state index contributed by atoms with van der Waals surface area (Å²) in [7, 11) is 0. The van der Waals surface area contributed by atoms with Gasteiger partial charge in [0.25, 0.3) is 5.78 Å². The van der Waals surface area contributed by atoms with Gasteiger partial charge in [0.15, 0.2) is 0 Å². The second kappa shape index (κ2) is 7.22. The van der Waals surface area contributed by atoms with Gasteiger partial charge in [0.2, 0.25) is 5.91 Å². The number of carbonyl (C=O) groups excluding carboxylic acids is 1. The van der Waals surface area contributed by atoms with Crippen LogP contribution in [0.25, 0.3) is 5.78 Å². The third kappa shape index (κ3) is 3.69. The summed E-state index contributed by atoms with van der Waals surface area (Å²) in [6, 6.07) is 9.33. The largest absolute Gasteiger partial charge is 0.356 e. The Hall–Kier alpha value is -3.16. The molecule has 1 aliphatic rings. The van der Waals surface area contributed by atoms with Crippen molar-refractivity contribution in [1.82, 2.24) is 19.2 Å². The Morgan fingerprint density at radius 1 is 1.19 bits per heavy atom. The van der Waals surface area contributed by atoms with Crippen LogP contribution in [0.4, 0.5) is 11.5 Å². The number of hydrogen-bond donors (Lipinski definition) is 1. The number of anilines is 2. The number of nitrogens with zero attached hydrogens (tertiary/aromatic N) is 5. The van der Waals surface area contributed by atoms with Gasteiger partial charge in [-0.3, -0.25) is 4.79 Å². The normalized spacial score (nSPS) is 14.5. The summed E-state index contributed by atoms with van der Waals surface area (Å²) in [6.07, 6.45) is 5.21. The number of nitrogens with one attached hydrogen (secondary N) is 1. The summed E-state index contributed by atoms with van der Waals surface area (Å²) in [5.74, 6) is 0.831. The first kappa shape index (κ1) is 17.3. The average molecular weight is 366 g/mol. The quantitative estimate of drug-likeness (QED) is 0.761. The maximum Gasteiger partial charge on any atom is 0.352 e. The maximum absolute atomic E-state index is 12.5. The van der Waals surface area contributed by atoms with Crippen LogP contribution in [0.1, 0.15) is 24.8 Å². The van der Waals surface area contributed by atoms with Crippen LogP contribution in [-0.2, 0) is 11.3 Å². The van der Waals surface area contributed by atoms with E-state index in [1.807, 2.05) is 37.3 Å². The van der Waals surface area contributed by atoms with E-state index in [1.54, 1.807) is 6.20 Å². The molecule has 3 heterocycles. The van der Waals surface area contributed by atoms with Crippen molar-refractivity contribution in [2.24, 2.45) is 0 Å². The Bertz CT molecular complexity index is 1030. The molecule has 1 N–H and O–H groups in total. The number of fused-ring (bicyclic) bond motifs is 1. The first-order chi connectivity index (χ1) is 13.1. The van der Waals surface area contributed by atoms with Crippen molar-refractivity contribution < 1.29 is 4.79 Å². The van der Waals surface area contributed by atoms with E-state index in [0.29, 0.717) is 11.5 Å². The van der Waals surface area contributed by atoms with E-state index >= 15 is 0 Å². The number of benzene rings is 1. The van der Waals surface area contributed by atoms with Gasteiger partial charge in [-0.25, -0.2) is 13.9 Å². The van der Waals surface area contributed by atoms with Crippen LogP contribution >= 0.6 is 0 Å². The monoisotopic (exact) mass is 366 g/mol. The van der Waals surface area contributed by atoms with Crippen LogP contribution in [0, 0.1) is 6.92 Å². The predicted molar refractivity (Wildman–Crippen MR) is 103 cm³/mol. The second-order valence-electron chi connectivity index (χ2n) is 6.86. The Morgan fingerprint density at radius 2 is 2.00 bits per heavy atom. The molecule has 1 amide bonds. The molecule has 27 heavy (non-hydrogen) atoms. The lowest BCUT2D eigenvalue weighted by Crippen LogP contribution is -2.30. The third-order valence-electron chi connectivity index (χ3n) is 4.72. The molecule has 140 valence electrons. The van der Waals surface area contributed by atoms with Crippen molar-refractivity contribution in [1.29, 1.82) is 0 Å². The zero-order chi connectivity index (χ0) is 18.8. The summed E-state index contributed by atoms with van der Waals surface area (Å²) in [5.41, 5.74) is 1.37. The van der Waals surface area contributed by atoms with Gasteiger partial charge in [-0.05, 0) is 49.9 Å². The van der Waals surface area contributed by atoms with Gasteiger partial charge in [-0.1, -0.05) is 12.1 Å². The number of hydrogen-bond acceptors (Lipinski definition) is 5. The van der Waals surface area contributed by atoms with Gasteiger partial charge in [-0.2, -0.15) is 4.98 Å². The Morgan fingerprint density at radius 3 is 2.78 bits per heavy atom. The zero-order valence-corrected chi connectivity index (χ0v) is 15.3. The summed E-state index contributed by atoms with van der Waals surface area (Å²) in [4.78, 5) is 31.5. The van der Waals surface area contributed by atoms with Gasteiger partial charge in [0.05, 0.1) is 0 Å². The average Bonchev–Trinajstić information content (AvgIpc) is 2.97. The van der Waals surface area contributed by atoms with Crippen molar-refractivity contribution in [3.8, 4) is 0 Å². The summed E-state index contributed by atoms with van der Waals surface area (Å²) >= 11 is 0. The number of amides is 1. The standard InChI is InChI=1S/C19H22N6O2/c1-14-6-5-7-15(12-14)20-17(26)13-25-19(27)24-11-8-16(21-18(24)22-25)23-9-3-2-4-10-23/h5-8,11-12H,2-4,9-10,13H2,1H3,(H,20,26). The Balaban J connectivity index is 1.54. The molecule has 0 bridgehead atoms. The molecule has 8 heteroatoms. The van der Waals surface area contributed by atoms with Crippen LogP contribution < -0.4 is 15.9 Å². The highest BCUT2D eigenvalue weighted by atomic mass is 16.2. The van der Waals surface area contributed by atoms with E-state index in [-0.39, 0.29) is 18.1 Å². The highest BCUT2D eigenvalue weighted by molar-refractivity contribution is 5.90. The molecule has 3 aromatic rings. The fourth-order valence-corrected chi connectivity index (χ4v) is 3.36. The van der Waals surface area contributed by atoms with Gasteiger partial charge in [0.1, 0.15) is 12.4 Å². The molecule has 1 saturated heterocycles. The molecule has 1 fully saturated rings. The topological polar surface area (TPSA) is 84.5 Å². The summed E-state index contributed by atoms with van der Waals surface area (Å²) < 4.78 is 2.51. The van der Waals surface area contributed by atoms with E-state index in [0.717, 1.165) is 42.0 Å². The fraction of sp³-hybridized carbons (Fsp3) is 0.368. The molecule has 0 spiro atoms. The van der Waals surface area contributed by atoms with Crippen LogP contribution in [0.3, 0.4) is 0 Å². The first-order valence-corrected chi connectivity index (χ1v) is 9.18. The first-order valence-electron chi connectivity index (χ1n) is 9.18. The third-order valence-corrected chi connectivity index (χ3v) is 4.72. The molecule has 1 aliphatic heterocycles. The highest BCUT2D eigenvalue weighted by Gasteiger charge is 2.16. The Labute approximate surface area is 156 Å². The molecule has 0 saturated carbocycles. The number of aromatic nitrogens is 4. The van der Waals surface area contributed by atoms with E-state index in [1.165, 1.54) is 10.8 Å². The number of aryl methyl sites for hydroxylation is 1. The zero-order valence-electron chi connectivity index (χ0n) is 15.3. The number of carbonyl (C=O) groups is 1. The molecular weight excluding hydrogens is 344 g/mol. The second-order valence-corrected chi connectivity index (χ2v) is 6.86. The molecular formula is C19H22N6O2. The molecule has 4 rings (SSSR count). The minimum Gasteiger partial charge on any atom is -0.356 e. The highest BCUT2D eigenvalue weighted by Crippen LogP contribution is 2.17. The van der Waals surface area contributed by atoms with Crippen molar-refractivity contribution in [3.63, 3.8) is 0 Å². The lowest BCUT2D eigenvalue weighted by molar-refractivity contribution is -0.117. The van der Waals surface area contributed by atoms with E-state index in [9.17, 15) is 9.59 Å². The lowest BCUT2D eigenvalue weighted by atomic mass is 10.1. The minimum atomic E-state index is -0.373. The van der Waals surface area contributed by atoms with Crippen LogP contribution in [0.2, 0.25) is 0 Å². The van der Waals surface area contributed by atoms with Crippen molar-refractivity contribution >= 4 is 23.2 Å². The van der Waals surface area contributed by atoms with Gasteiger partial charge < -0.3 is 10.2 Å². The molecule has 0 unspecified atom stereocenters. The maximum atomic E-state index is 12.5. The van der Waals surface area contributed by atoms with Crippen LogP contribution in [0.5, 0.6) is 0 Å². The summed E-state index contributed by atoms with van der Waals surface area (Å²) in [5, 5.41) is 7.02. The van der Waals surface area contributed by atoms with Gasteiger partial charge in [0, 0.05) is 25.0 Å². The molecule has 0 aliphatic carbocycles. The number of piperidine rings is 1. The molecule has 8 nitrogen and oxygen atoms in total. The fourth-order valence-electron chi connectivity index (χ4n) is 3.36. The number of rotatable bonds is 4. The molecule has 0 radical (unpaired) electrons. The molecule has 2 aromatic heterocycles. The van der Waals surface area contributed by atoms with Crippen LogP contribution in [0.15, 0.2) is 41.3 Å². The van der Waals surface area contributed by atoms with E-state index in [2.05, 4.69) is 20.3 Å². The van der Waals surface area contributed by atoms with Gasteiger partial charge >= 0.3 is 5.69 Å². The molecule has 1 aromatic carbocycles. The van der Waals surface area contributed by atoms with Crippen LogP contribution in [-0.4, -0.2) is 38.2 Å². The van der Waals surface area contributed by atoms with Gasteiger partial charge in [-0.15, -0.1) is 5.10 Å². The Kier molecular flexibility index (Phi) is 4.62. The smallest absolute Gasteiger partial charge is 0.352 e. The minimum absolute atomic E-state index is 0.158. The predicted octanol–water partition coefficient (Wildman–Crippen LogP) is 1.83. The van der Waals surface area contributed by atoms with Crippen molar-refractivity contribution in [2.45, 2.75) is 32.7 Å².